The monoisotopic (exact) mass is 203 g/mol. The number of allylic oxidation sites excluding steroid dienone is 1. The van der Waals surface area contributed by atoms with Gasteiger partial charge in [-0.15, -0.1) is 0 Å². The van der Waals surface area contributed by atoms with E-state index in [2.05, 4.69) is 51.1 Å². The van der Waals surface area contributed by atoms with Crippen LogP contribution in [0.25, 0.3) is 6.08 Å². The van der Waals surface area contributed by atoms with Crippen LogP contribution < -0.4 is 5.73 Å². The predicted octanol–water partition coefficient (Wildman–Crippen LogP) is 3.46. The molecule has 1 aromatic carbocycles. The predicted molar refractivity (Wildman–Crippen MR) is 67.5 cm³/mol. The van der Waals surface area contributed by atoms with Crippen LogP contribution in [0.5, 0.6) is 0 Å². The Labute approximate surface area is 93.0 Å². The quantitative estimate of drug-likeness (QED) is 0.796. The van der Waals surface area contributed by atoms with Crippen LogP contribution >= 0.6 is 0 Å². The van der Waals surface area contributed by atoms with Crippen LogP contribution in [0.3, 0.4) is 0 Å². The Bertz CT molecular complexity index is 322. The Morgan fingerprint density at radius 1 is 1.27 bits per heavy atom. The van der Waals surface area contributed by atoms with Crippen LogP contribution in [0.4, 0.5) is 0 Å². The molecule has 82 valence electrons. The lowest BCUT2D eigenvalue weighted by atomic mass is 9.86. The van der Waals surface area contributed by atoms with Gasteiger partial charge in [0.2, 0.25) is 0 Å². The minimum absolute atomic E-state index is 0.204. The summed E-state index contributed by atoms with van der Waals surface area (Å²) in [6.07, 6.45) is 3.29. The van der Waals surface area contributed by atoms with E-state index in [0.29, 0.717) is 0 Å². The van der Waals surface area contributed by atoms with Gasteiger partial charge in [-0.1, -0.05) is 55.8 Å². The van der Waals surface area contributed by atoms with Gasteiger partial charge in [0, 0.05) is 0 Å². The van der Waals surface area contributed by atoms with Crippen LogP contribution in [-0.2, 0) is 0 Å². The third-order valence-electron chi connectivity index (χ3n) is 2.52. The molecule has 0 unspecified atom stereocenters. The van der Waals surface area contributed by atoms with Gasteiger partial charge in [-0.3, -0.25) is 0 Å². The standard InChI is InChI=1S/C14H21N/c1-12(10-14(2,3)11-15)9-13-7-5-4-6-8-13/h4-9H,10-11,15H2,1-3H3/b12-9+. The summed E-state index contributed by atoms with van der Waals surface area (Å²) >= 11 is 0. The minimum Gasteiger partial charge on any atom is -0.330 e. The zero-order valence-corrected chi connectivity index (χ0v) is 9.96. The van der Waals surface area contributed by atoms with Crippen LogP contribution in [-0.4, -0.2) is 6.54 Å². The fraction of sp³-hybridized carbons (Fsp3) is 0.429. The first kappa shape index (κ1) is 12.0. The maximum Gasteiger partial charge on any atom is -0.00228 e. The summed E-state index contributed by atoms with van der Waals surface area (Å²) in [5, 5.41) is 0. The van der Waals surface area contributed by atoms with E-state index in [-0.39, 0.29) is 5.41 Å². The summed E-state index contributed by atoms with van der Waals surface area (Å²) < 4.78 is 0. The van der Waals surface area contributed by atoms with Gasteiger partial charge in [-0.05, 0) is 30.9 Å². The highest BCUT2D eigenvalue weighted by atomic mass is 14.6. The summed E-state index contributed by atoms with van der Waals surface area (Å²) in [5.74, 6) is 0. The van der Waals surface area contributed by atoms with Gasteiger partial charge in [0.1, 0.15) is 0 Å². The van der Waals surface area contributed by atoms with Crippen molar-refractivity contribution in [2.45, 2.75) is 27.2 Å². The molecule has 15 heavy (non-hydrogen) atoms. The Morgan fingerprint density at radius 2 is 1.87 bits per heavy atom. The van der Waals surface area contributed by atoms with Crippen molar-refractivity contribution in [3.05, 3.63) is 41.5 Å². The topological polar surface area (TPSA) is 26.0 Å². The fourth-order valence-electron chi connectivity index (χ4n) is 1.71. The average molecular weight is 203 g/mol. The first-order valence-electron chi connectivity index (χ1n) is 5.46. The highest BCUT2D eigenvalue weighted by Crippen LogP contribution is 2.24. The molecule has 0 heterocycles. The molecule has 2 N–H and O–H groups in total. The van der Waals surface area contributed by atoms with Crippen molar-refractivity contribution in [3.63, 3.8) is 0 Å². The molecule has 0 atom stereocenters. The second-order valence-corrected chi connectivity index (χ2v) is 4.95. The average Bonchev–Trinajstić information content (AvgIpc) is 2.18. The number of nitrogens with two attached hydrogens (primary N) is 1. The van der Waals surface area contributed by atoms with Gasteiger partial charge in [-0.25, -0.2) is 0 Å². The van der Waals surface area contributed by atoms with Gasteiger partial charge >= 0.3 is 0 Å². The summed E-state index contributed by atoms with van der Waals surface area (Å²) in [7, 11) is 0. The van der Waals surface area contributed by atoms with Crippen molar-refractivity contribution in [1.82, 2.24) is 0 Å². The normalized spacial score (nSPS) is 12.9. The molecule has 0 saturated heterocycles. The molecule has 0 amide bonds. The molecule has 1 heteroatoms. The number of hydrogen-bond acceptors (Lipinski definition) is 1. The van der Waals surface area contributed by atoms with Crippen molar-refractivity contribution < 1.29 is 0 Å². The molecule has 0 aliphatic carbocycles. The zero-order chi connectivity index (χ0) is 11.3. The Hall–Kier alpha value is -1.08. The van der Waals surface area contributed by atoms with Gasteiger partial charge in [0.15, 0.2) is 0 Å². The van der Waals surface area contributed by atoms with E-state index < -0.39 is 0 Å². The van der Waals surface area contributed by atoms with Crippen LogP contribution in [0, 0.1) is 5.41 Å². The Morgan fingerprint density at radius 3 is 2.40 bits per heavy atom. The zero-order valence-electron chi connectivity index (χ0n) is 9.96. The van der Waals surface area contributed by atoms with Crippen LogP contribution in [0.2, 0.25) is 0 Å². The molecule has 0 bridgehead atoms. The smallest absolute Gasteiger partial charge is 0.00228 e. The first-order valence-corrected chi connectivity index (χ1v) is 5.46. The summed E-state index contributed by atoms with van der Waals surface area (Å²) in [6.45, 7) is 7.31. The summed E-state index contributed by atoms with van der Waals surface area (Å²) in [4.78, 5) is 0. The van der Waals surface area contributed by atoms with Crippen molar-refractivity contribution in [2.75, 3.05) is 6.54 Å². The highest BCUT2D eigenvalue weighted by molar-refractivity contribution is 5.52. The van der Waals surface area contributed by atoms with E-state index in [1.54, 1.807) is 0 Å². The van der Waals surface area contributed by atoms with Crippen molar-refractivity contribution in [3.8, 4) is 0 Å². The summed E-state index contributed by atoms with van der Waals surface area (Å²) in [6, 6.07) is 10.4. The second kappa shape index (κ2) is 5.13. The van der Waals surface area contributed by atoms with Crippen LogP contribution in [0.15, 0.2) is 35.9 Å². The SMILES string of the molecule is C/C(=C\c1ccccc1)CC(C)(C)CN. The molecular weight excluding hydrogens is 182 g/mol. The van der Waals surface area contributed by atoms with E-state index in [4.69, 9.17) is 5.73 Å². The van der Waals surface area contributed by atoms with E-state index >= 15 is 0 Å². The van der Waals surface area contributed by atoms with Crippen molar-refractivity contribution >= 4 is 6.08 Å². The molecule has 1 aromatic rings. The highest BCUT2D eigenvalue weighted by Gasteiger charge is 2.15. The molecule has 0 fully saturated rings. The molecule has 0 aliphatic rings. The lowest BCUT2D eigenvalue weighted by Gasteiger charge is -2.22. The molecule has 0 radical (unpaired) electrons. The fourth-order valence-corrected chi connectivity index (χ4v) is 1.71. The third-order valence-corrected chi connectivity index (χ3v) is 2.52. The second-order valence-electron chi connectivity index (χ2n) is 4.95. The van der Waals surface area contributed by atoms with Crippen molar-refractivity contribution in [1.29, 1.82) is 0 Å². The van der Waals surface area contributed by atoms with Gasteiger partial charge in [0.25, 0.3) is 0 Å². The molecule has 0 aromatic heterocycles. The molecule has 1 nitrogen and oxygen atoms in total. The van der Waals surface area contributed by atoms with E-state index in [9.17, 15) is 0 Å². The maximum absolute atomic E-state index is 5.72. The molecule has 0 spiro atoms. The van der Waals surface area contributed by atoms with Crippen LogP contribution in [0.1, 0.15) is 32.8 Å². The number of hydrogen-bond donors (Lipinski definition) is 1. The first-order chi connectivity index (χ1) is 7.03. The Balaban J connectivity index is 2.69. The number of benzene rings is 1. The van der Waals surface area contributed by atoms with Gasteiger partial charge in [0.05, 0.1) is 0 Å². The molecule has 0 aliphatic heterocycles. The maximum atomic E-state index is 5.72. The Kier molecular flexibility index (Phi) is 4.10. The largest absolute Gasteiger partial charge is 0.330 e. The van der Waals surface area contributed by atoms with E-state index in [1.165, 1.54) is 11.1 Å². The van der Waals surface area contributed by atoms with Gasteiger partial charge < -0.3 is 5.73 Å². The molecule has 1 rings (SSSR count). The van der Waals surface area contributed by atoms with Crippen molar-refractivity contribution in [2.24, 2.45) is 11.1 Å². The number of rotatable bonds is 4. The summed E-state index contributed by atoms with van der Waals surface area (Å²) in [5.41, 5.74) is 8.58. The third kappa shape index (κ3) is 4.30. The molecular formula is C14H21N. The lowest BCUT2D eigenvalue weighted by Crippen LogP contribution is -2.23. The minimum atomic E-state index is 0.204. The van der Waals surface area contributed by atoms with Gasteiger partial charge in [-0.2, -0.15) is 0 Å². The van der Waals surface area contributed by atoms with E-state index in [0.717, 1.165) is 13.0 Å². The molecule has 0 saturated carbocycles. The lowest BCUT2D eigenvalue weighted by molar-refractivity contribution is 0.376. The van der Waals surface area contributed by atoms with E-state index in [1.807, 2.05) is 6.07 Å².